The molecule has 0 bridgehead atoms. The van der Waals surface area contributed by atoms with Crippen molar-refractivity contribution >= 4 is 21.1 Å². The fourth-order valence-electron chi connectivity index (χ4n) is 3.47. The molecule has 1 aliphatic rings. The lowest BCUT2D eigenvalue weighted by Crippen LogP contribution is -2.39. The van der Waals surface area contributed by atoms with Gasteiger partial charge in [-0.25, -0.2) is 13.2 Å². The molecule has 0 aliphatic carbocycles. The van der Waals surface area contributed by atoms with Crippen LogP contribution in [0.2, 0.25) is 0 Å². The maximum Gasteiger partial charge on any atom is 0.419 e. The van der Waals surface area contributed by atoms with E-state index >= 15 is 0 Å². The van der Waals surface area contributed by atoms with Gasteiger partial charge in [0.25, 0.3) is 0 Å². The molecule has 0 unspecified atom stereocenters. The van der Waals surface area contributed by atoms with Crippen LogP contribution in [-0.2, 0) is 24.1 Å². The van der Waals surface area contributed by atoms with Gasteiger partial charge in [-0.1, -0.05) is 0 Å². The Balaban J connectivity index is 1.67. The first-order valence-electron chi connectivity index (χ1n) is 8.45. The smallest absolute Gasteiger partial charge is 0.408 e. The van der Waals surface area contributed by atoms with E-state index in [1.54, 1.807) is 11.7 Å². The molecule has 1 saturated heterocycles. The summed E-state index contributed by atoms with van der Waals surface area (Å²) < 4.78 is 35.9. The molecule has 26 heavy (non-hydrogen) atoms. The van der Waals surface area contributed by atoms with Gasteiger partial charge in [-0.05, 0) is 37.1 Å². The lowest BCUT2D eigenvalue weighted by atomic mass is 9.96. The van der Waals surface area contributed by atoms with Crippen LogP contribution in [0.25, 0.3) is 11.1 Å². The highest BCUT2D eigenvalue weighted by Crippen LogP contribution is 2.30. The van der Waals surface area contributed by atoms with Gasteiger partial charge in [0, 0.05) is 39.3 Å². The maximum absolute atomic E-state index is 13.1. The van der Waals surface area contributed by atoms with E-state index in [0.717, 1.165) is 18.5 Å². The number of aryl methyl sites for hydroxylation is 2. The molecule has 2 aromatic heterocycles. The van der Waals surface area contributed by atoms with E-state index in [0.29, 0.717) is 24.2 Å². The molecule has 0 saturated carbocycles. The molecule has 1 aromatic carbocycles. The molecule has 138 valence electrons. The van der Waals surface area contributed by atoms with E-state index in [1.807, 2.05) is 19.3 Å². The van der Waals surface area contributed by atoms with Crippen LogP contribution in [0.1, 0.15) is 24.5 Å². The number of rotatable bonds is 3. The zero-order chi connectivity index (χ0) is 18.5. The Kier molecular flexibility index (Phi) is 4.00. The van der Waals surface area contributed by atoms with E-state index in [9.17, 15) is 13.2 Å². The summed E-state index contributed by atoms with van der Waals surface area (Å²) in [6.07, 6.45) is 3.57. The Morgan fingerprint density at radius 1 is 1.23 bits per heavy atom. The third kappa shape index (κ3) is 2.77. The minimum Gasteiger partial charge on any atom is -0.408 e. The number of nitrogens with zero attached hydrogens (tertiary/aromatic N) is 4. The Bertz CT molecular complexity index is 1130. The average molecular weight is 376 g/mol. The zero-order valence-corrected chi connectivity index (χ0v) is 15.4. The van der Waals surface area contributed by atoms with Crippen molar-refractivity contribution in [3.63, 3.8) is 0 Å². The van der Waals surface area contributed by atoms with Gasteiger partial charge >= 0.3 is 5.76 Å². The van der Waals surface area contributed by atoms with E-state index in [-0.39, 0.29) is 10.8 Å². The monoisotopic (exact) mass is 376 g/mol. The van der Waals surface area contributed by atoms with Gasteiger partial charge in [-0.2, -0.15) is 9.40 Å². The molecule has 9 heteroatoms. The van der Waals surface area contributed by atoms with Crippen LogP contribution in [0.15, 0.2) is 44.6 Å². The number of benzene rings is 1. The summed E-state index contributed by atoms with van der Waals surface area (Å²) >= 11 is 0. The largest absolute Gasteiger partial charge is 0.419 e. The van der Waals surface area contributed by atoms with Crippen LogP contribution < -0.4 is 5.76 Å². The topological polar surface area (TPSA) is 90.3 Å². The lowest BCUT2D eigenvalue weighted by molar-refractivity contribution is 0.312. The predicted octanol–water partition coefficient (Wildman–Crippen LogP) is 1.43. The second-order valence-electron chi connectivity index (χ2n) is 6.67. The average Bonchev–Trinajstić information content (AvgIpc) is 3.19. The van der Waals surface area contributed by atoms with Crippen molar-refractivity contribution in [1.29, 1.82) is 0 Å². The molecule has 0 N–H and O–H groups in total. The Labute approximate surface area is 150 Å². The van der Waals surface area contributed by atoms with Crippen molar-refractivity contribution in [2.45, 2.75) is 23.7 Å². The molecule has 0 spiro atoms. The Morgan fingerprint density at radius 2 is 2.04 bits per heavy atom. The van der Waals surface area contributed by atoms with Gasteiger partial charge in [0.15, 0.2) is 5.58 Å². The second-order valence-corrected chi connectivity index (χ2v) is 8.61. The van der Waals surface area contributed by atoms with Crippen molar-refractivity contribution in [2.75, 3.05) is 13.1 Å². The summed E-state index contributed by atoms with van der Waals surface area (Å²) in [4.78, 5) is 11.8. The lowest BCUT2D eigenvalue weighted by Gasteiger charge is -2.31. The van der Waals surface area contributed by atoms with E-state index in [2.05, 4.69) is 5.10 Å². The van der Waals surface area contributed by atoms with Crippen LogP contribution in [-0.4, -0.2) is 40.2 Å². The summed E-state index contributed by atoms with van der Waals surface area (Å²) in [7, 11) is -0.243. The van der Waals surface area contributed by atoms with Gasteiger partial charge in [-0.15, -0.1) is 0 Å². The van der Waals surface area contributed by atoms with E-state index < -0.39 is 15.8 Å². The van der Waals surface area contributed by atoms with Gasteiger partial charge in [-0.3, -0.25) is 9.25 Å². The Morgan fingerprint density at radius 3 is 2.77 bits per heavy atom. The van der Waals surface area contributed by atoms with Crippen molar-refractivity contribution in [3.05, 3.63) is 46.7 Å². The predicted molar refractivity (Wildman–Crippen MR) is 95.4 cm³/mol. The number of oxazole rings is 1. The normalized spacial score (nSPS) is 19.2. The van der Waals surface area contributed by atoms with E-state index in [1.165, 1.54) is 27.1 Å². The summed E-state index contributed by atoms with van der Waals surface area (Å²) in [5, 5.41) is 4.42. The van der Waals surface area contributed by atoms with Gasteiger partial charge in [0.05, 0.1) is 16.1 Å². The number of hydrogen-bond acceptors (Lipinski definition) is 5. The van der Waals surface area contributed by atoms with Crippen molar-refractivity contribution < 1.29 is 12.8 Å². The van der Waals surface area contributed by atoms with Gasteiger partial charge < -0.3 is 4.42 Å². The number of piperidine rings is 1. The van der Waals surface area contributed by atoms with Crippen LogP contribution in [0.3, 0.4) is 0 Å². The number of aromatic nitrogens is 3. The second kappa shape index (κ2) is 6.10. The standard InChI is InChI=1S/C17H20N4O4S/c1-19-9-7-14(18-19)12-4-3-8-21(11-12)26(23,24)13-5-6-16-15(10-13)20(2)17(22)25-16/h5-7,9-10,12H,3-4,8,11H2,1-2H3/t12-/m1/s1. The molecular weight excluding hydrogens is 356 g/mol. The minimum atomic E-state index is -3.65. The highest BCUT2D eigenvalue weighted by Gasteiger charge is 2.32. The molecule has 3 heterocycles. The van der Waals surface area contributed by atoms with Gasteiger partial charge in [0.1, 0.15) is 0 Å². The van der Waals surface area contributed by atoms with Crippen LogP contribution in [0.5, 0.6) is 0 Å². The van der Waals surface area contributed by atoms with Crippen LogP contribution in [0, 0.1) is 0 Å². The van der Waals surface area contributed by atoms with Crippen molar-refractivity contribution in [1.82, 2.24) is 18.7 Å². The summed E-state index contributed by atoms with van der Waals surface area (Å²) in [6.45, 7) is 0.885. The first-order valence-corrected chi connectivity index (χ1v) is 9.89. The number of sulfonamides is 1. The number of hydrogen-bond donors (Lipinski definition) is 0. The molecule has 1 aliphatic heterocycles. The molecule has 0 amide bonds. The Hall–Kier alpha value is -2.39. The van der Waals surface area contributed by atoms with Crippen LogP contribution >= 0.6 is 0 Å². The SMILES string of the molecule is Cn1ccc([C@@H]2CCCN(S(=O)(=O)c3ccc4oc(=O)n(C)c4c3)C2)n1. The zero-order valence-electron chi connectivity index (χ0n) is 14.6. The fourth-order valence-corrected chi connectivity index (χ4v) is 5.01. The highest BCUT2D eigenvalue weighted by molar-refractivity contribution is 7.89. The molecule has 4 rings (SSSR count). The molecule has 8 nitrogen and oxygen atoms in total. The molecular formula is C17H20N4O4S. The summed E-state index contributed by atoms with van der Waals surface area (Å²) in [6, 6.07) is 6.46. The minimum absolute atomic E-state index is 0.0849. The van der Waals surface area contributed by atoms with Crippen LogP contribution in [0.4, 0.5) is 0 Å². The molecule has 3 aromatic rings. The fraction of sp³-hybridized carbons (Fsp3) is 0.412. The quantitative estimate of drug-likeness (QED) is 0.690. The molecule has 1 atom stereocenters. The first-order chi connectivity index (χ1) is 12.4. The highest BCUT2D eigenvalue weighted by atomic mass is 32.2. The number of fused-ring (bicyclic) bond motifs is 1. The van der Waals surface area contributed by atoms with E-state index in [4.69, 9.17) is 4.42 Å². The van der Waals surface area contributed by atoms with Crippen molar-refractivity contribution in [2.24, 2.45) is 14.1 Å². The van der Waals surface area contributed by atoms with Crippen molar-refractivity contribution in [3.8, 4) is 0 Å². The summed E-state index contributed by atoms with van der Waals surface area (Å²) in [5.74, 6) is -0.426. The molecule has 0 radical (unpaired) electrons. The summed E-state index contributed by atoms with van der Waals surface area (Å²) in [5.41, 5.74) is 1.76. The molecule has 1 fully saturated rings. The van der Waals surface area contributed by atoms with Gasteiger partial charge in [0.2, 0.25) is 10.0 Å². The third-order valence-corrected chi connectivity index (χ3v) is 6.80. The first kappa shape index (κ1) is 17.0. The maximum atomic E-state index is 13.1. The third-order valence-electron chi connectivity index (χ3n) is 4.94.